The molecule has 7 nitrogen and oxygen atoms in total. The summed E-state index contributed by atoms with van der Waals surface area (Å²) in [5.41, 5.74) is 4.91. The first kappa shape index (κ1) is 23.7. The Labute approximate surface area is 213 Å². The number of anilines is 2. The van der Waals surface area contributed by atoms with E-state index in [9.17, 15) is 9.59 Å². The van der Waals surface area contributed by atoms with E-state index in [4.69, 9.17) is 9.72 Å². The Bertz CT molecular complexity index is 1420. The second-order valence-corrected chi connectivity index (χ2v) is 9.79. The zero-order valence-electron chi connectivity index (χ0n) is 20.3. The highest BCUT2D eigenvalue weighted by atomic mass is 32.1. The normalized spacial score (nSPS) is 13.6. The van der Waals surface area contributed by atoms with Gasteiger partial charge in [-0.2, -0.15) is 0 Å². The van der Waals surface area contributed by atoms with Crippen LogP contribution in [0.5, 0.6) is 5.75 Å². The number of hydrogen-bond donors (Lipinski definition) is 1. The molecule has 4 aromatic rings. The van der Waals surface area contributed by atoms with E-state index in [1.165, 1.54) is 10.5 Å². The maximum Gasteiger partial charge on any atom is 0.265 e. The van der Waals surface area contributed by atoms with Gasteiger partial charge in [0.15, 0.2) is 6.61 Å². The van der Waals surface area contributed by atoms with Gasteiger partial charge in [-0.15, -0.1) is 11.3 Å². The average Bonchev–Trinajstić information content (AvgIpc) is 3.30. The summed E-state index contributed by atoms with van der Waals surface area (Å²) in [6.45, 7) is 5.70. The summed E-state index contributed by atoms with van der Waals surface area (Å²) in [5.74, 6) is 0.0177. The van der Waals surface area contributed by atoms with Crippen LogP contribution in [0.4, 0.5) is 11.4 Å². The molecule has 0 aliphatic carbocycles. The largest absolute Gasteiger partial charge is 0.482 e. The summed E-state index contributed by atoms with van der Waals surface area (Å²) in [4.78, 5) is 37.8. The minimum Gasteiger partial charge on any atom is -0.482 e. The van der Waals surface area contributed by atoms with Gasteiger partial charge in [-0.05, 0) is 68.3 Å². The topological polar surface area (TPSA) is 84.4 Å². The Morgan fingerprint density at radius 1 is 1.17 bits per heavy atom. The van der Waals surface area contributed by atoms with Gasteiger partial charge in [-0.3, -0.25) is 19.5 Å². The molecule has 2 amide bonds. The van der Waals surface area contributed by atoms with Crippen molar-refractivity contribution in [2.45, 2.75) is 33.2 Å². The number of aromatic nitrogens is 2. The van der Waals surface area contributed by atoms with E-state index in [1.54, 1.807) is 24.5 Å². The van der Waals surface area contributed by atoms with Gasteiger partial charge >= 0.3 is 0 Å². The van der Waals surface area contributed by atoms with Crippen LogP contribution in [0.2, 0.25) is 0 Å². The molecule has 1 aliphatic heterocycles. The van der Waals surface area contributed by atoms with E-state index in [-0.39, 0.29) is 18.4 Å². The highest BCUT2D eigenvalue weighted by Gasteiger charge is 2.33. The molecule has 0 radical (unpaired) electrons. The van der Waals surface area contributed by atoms with Gasteiger partial charge < -0.3 is 10.1 Å². The first-order valence-corrected chi connectivity index (χ1v) is 12.6. The van der Waals surface area contributed by atoms with Gasteiger partial charge in [0, 0.05) is 22.3 Å². The summed E-state index contributed by atoms with van der Waals surface area (Å²) >= 11 is 1.57. The number of thiazole rings is 1. The Hall–Kier alpha value is -4.04. The van der Waals surface area contributed by atoms with Crippen LogP contribution in [0.15, 0.2) is 66.9 Å². The lowest BCUT2D eigenvalue weighted by atomic mass is 10.1. The zero-order chi connectivity index (χ0) is 25.2. The summed E-state index contributed by atoms with van der Waals surface area (Å²) in [6.07, 6.45) is 2.67. The fourth-order valence-electron chi connectivity index (χ4n) is 4.19. The number of fused-ring (bicyclic) bond motifs is 1. The van der Waals surface area contributed by atoms with E-state index < -0.39 is 6.04 Å². The molecule has 2 aromatic heterocycles. The van der Waals surface area contributed by atoms with Gasteiger partial charge in [0.25, 0.3) is 5.91 Å². The predicted octanol–water partition coefficient (Wildman–Crippen LogP) is 5.50. The molecule has 2 aromatic carbocycles. The fraction of sp³-hybridized carbons (Fsp3) is 0.214. The van der Waals surface area contributed by atoms with Crippen molar-refractivity contribution in [3.8, 4) is 27.7 Å². The van der Waals surface area contributed by atoms with E-state index in [2.05, 4.69) is 17.2 Å². The number of nitrogens with one attached hydrogen (secondary N) is 1. The van der Waals surface area contributed by atoms with Gasteiger partial charge in [-0.1, -0.05) is 25.1 Å². The highest BCUT2D eigenvalue weighted by Crippen LogP contribution is 2.39. The monoisotopic (exact) mass is 498 g/mol. The highest BCUT2D eigenvalue weighted by molar-refractivity contribution is 7.15. The number of hydrogen-bond acceptors (Lipinski definition) is 6. The maximum absolute atomic E-state index is 13.1. The van der Waals surface area contributed by atoms with Crippen molar-refractivity contribution in [3.05, 3.63) is 77.3 Å². The van der Waals surface area contributed by atoms with E-state index in [0.717, 1.165) is 33.3 Å². The minimum atomic E-state index is -0.734. The third kappa shape index (κ3) is 4.59. The molecule has 5 rings (SSSR count). The Morgan fingerprint density at radius 3 is 2.69 bits per heavy atom. The Balaban J connectivity index is 1.45. The quantitative estimate of drug-likeness (QED) is 0.380. The first-order valence-electron chi connectivity index (χ1n) is 11.8. The van der Waals surface area contributed by atoms with Crippen molar-refractivity contribution < 1.29 is 14.3 Å². The molecule has 0 saturated carbocycles. The number of rotatable bonds is 6. The Kier molecular flexibility index (Phi) is 6.52. The van der Waals surface area contributed by atoms with Crippen LogP contribution in [-0.2, 0) is 16.0 Å². The van der Waals surface area contributed by atoms with Gasteiger partial charge in [0.2, 0.25) is 5.91 Å². The lowest BCUT2D eigenvalue weighted by molar-refractivity contribution is -0.125. The summed E-state index contributed by atoms with van der Waals surface area (Å²) in [6, 6.07) is 18.3. The molecule has 1 unspecified atom stereocenters. The van der Waals surface area contributed by atoms with E-state index >= 15 is 0 Å². The van der Waals surface area contributed by atoms with E-state index in [0.29, 0.717) is 17.1 Å². The molecule has 0 spiro atoms. The molecular formula is C28H26N4O3S. The molecule has 0 saturated heterocycles. The van der Waals surface area contributed by atoms with Crippen LogP contribution in [0.3, 0.4) is 0 Å². The van der Waals surface area contributed by atoms with Crippen molar-refractivity contribution in [3.63, 3.8) is 0 Å². The van der Waals surface area contributed by atoms with E-state index in [1.807, 2.05) is 67.6 Å². The number of pyridine rings is 1. The second-order valence-electron chi connectivity index (χ2n) is 8.59. The summed E-state index contributed by atoms with van der Waals surface area (Å²) < 4.78 is 5.68. The fourth-order valence-corrected chi connectivity index (χ4v) is 5.11. The van der Waals surface area contributed by atoms with Crippen LogP contribution >= 0.6 is 11.3 Å². The number of aryl methyl sites for hydroxylation is 2. The van der Waals surface area contributed by atoms with Gasteiger partial charge in [0.1, 0.15) is 16.8 Å². The Morgan fingerprint density at radius 2 is 1.97 bits per heavy atom. The first-order chi connectivity index (χ1) is 17.4. The number of carbonyl (C=O) groups is 2. The minimum absolute atomic E-state index is 0.116. The van der Waals surface area contributed by atoms with Gasteiger partial charge in [0.05, 0.1) is 17.1 Å². The van der Waals surface area contributed by atoms with Crippen LogP contribution in [-0.4, -0.2) is 34.4 Å². The predicted molar refractivity (Wildman–Crippen MR) is 142 cm³/mol. The number of carbonyl (C=O) groups excluding carboxylic acids is 2. The molecule has 1 aliphatic rings. The zero-order valence-corrected chi connectivity index (χ0v) is 21.1. The lowest BCUT2D eigenvalue weighted by Gasteiger charge is -2.33. The van der Waals surface area contributed by atoms with Gasteiger partial charge in [-0.25, -0.2) is 4.98 Å². The second kappa shape index (κ2) is 9.91. The van der Waals surface area contributed by atoms with Crippen LogP contribution in [0, 0.1) is 6.92 Å². The average molecular weight is 499 g/mol. The van der Waals surface area contributed by atoms with Crippen molar-refractivity contribution in [2.75, 3.05) is 16.8 Å². The number of ether oxygens (including phenoxy) is 1. The number of nitrogens with zero attached hydrogens (tertiary/aromatic N) is 3. The molecule has 0 fully saturated rings. The maximum atomic E-state index is 13.1. The number of benzene rings is 2. The number of amides is 2. The van der Waals surface area contributed by atoms with Crippen molar-refractivity contribution in [1.29, 1.82) is 0 Å². The molecule has 0 bridgehead atoms. The van der Waals surface area contributed by atoms with Crippen LogP contribution in [0.25, 0.3) is 22.0 Å². The van der Waals surface area contributed by atoms with Crippen LogP contribution in [0.1, 0.15) is 24.3 Å². The lowest BCUT2D eigenvalue weighted by Crippen LogP contribution is -2.49. The molecule has 1 N–H and O–H groups in total. The molecule has 182 valence electrons. The summed E-state index contributed by atoms with van der Waals surface area (Å²) in [5, 5.41) is 3.75. The molecule has 3 heterocycles. The molecule has 8 heteroatoms. The smallest absolute Gasteiger partial charge is 0.265 e. The van der Waals surface area contributed by atoms with Crippen molar-refractivity contribution in [1.82, 2.24) is 9.97 Å². The van der Waals surface area contributed by atoms with Crippen molar-refractivity contribution >= 4 is 34.5 Å². The molecule has 1 atom stereocenters. The third-order valence-electron chi connectivity index (χ3n) is 6.19. The van der Waals surface area contributed by atoms with Crippen molar-refractivity contribution in [2.24, 2.45) is 0 Å². The third-order valence-corrected chi connectivity index (χ3v) is 7.18. The molecular weight excluding hydrogens is 472 g/mol. The summed E-state index contributed by atoms with van der Waals surface area (Å²) in [7, 11) is 0. The SMILES string of the molecule is CCc1ccc(NC(=O)C(C)N2C(=O)COc3ccc(-c4nc(-c5ccccn5)sc4C)cc32)cc1. The van der Waals surface area contributed by atoms with Crippen LogP contribution < -0.4 is 15.0 Å². The standard InChI is InChI=1S/C28H26N4O3S/c1-4-19-8-11-21(12-9-19)30-27(34)17(2)32-23-15-20(10-13-24(23)35-16-25(32)33)26-18(3)36-28(31-26)22-7-5-6-14-29-22/h5-15,17H,4,16H2,1-3H3,(H,30,34). The molecule has 36 heavy (non-hydrogen) atoms.